The smallest absolute Gasteiger partial charge is 0.0504 e. The second kappa shape index (κ2) is 6.58. The lowest BCUT2D eigenvalue weighted by molar-refractivity contribution is 0.134. The maximum Gasteiger partial charge on any atom is 0.0504 e. The van der Waals surface area contributed by atoms with Crippen molar-refractivity contribution in [1.82, 2.24) is 15.1 Å². The van der Waals surface area contributed by atoms with Gasteiger partial charge in [0.05, 0.1) is 6.67 Å². The van der Waals surface area contributed by atoms with Crippen LogP contribution in [0.4, 0.5) is 0 Å². The molecule has 0 amide bonds. The highest BCUT2D eigenvalue weighted by Crippen LogP contribution is 2.27. The van der Waals surface area contributed by atoms with Crippen LogP contribution in [0.2, 0.25) is 0 Å². The van der Waals surface area contributed by atoms with Gasteiger partial charge < -0.3 is 5.32 Å². The summed E-state index contributed by atoms with van der Waals surface area (Å²) in [4.78, 5) is 5.06. The summed E-state index contributed by atoms with van der Waals surface area (Å²) in [6, 6.07) is 0. The van der Waals surface area contributed by atoms with Crippen molar-refractivity contribution in [2.45, 2.75) is 32.1 Å². The molecule has 3 heteroatoms. The van der Waals surface area contributed by atoms with Gasteiger partial charge >= 0.3 is 0 Å². The Kier molecular flexibility index (Phi) is 5.07. The second-order valence-corrected chi connectivity index (χ2v) is 5.53. The molecule has 0 bridgehead atoms. The van der Waals surface area contributed by atoms with Gasteiger partial charge in [-0.15, -0.1) is 0 Å². The maximum atomic E-state index is 3.40. The average molecular weight is 225 g/mol. The van der Waals surface area contributed by atoms with Gasteiger partial charge in [-0.05, 0) is 25.9 Å². The third-order valence-corrected chi connectivity index (χ3v) is 4.04. The predicted octanol–water partition coefficient (Wildman–Crippen LogP) is 1.36. The molecule has 0 radical (unpaired) electrons. The summed E-state index contributed by atoms with van der Waals surface area (Å²) in [5.74, 6) is 1.03. The fourth-order valence-corrected chi connectivity index (χ4v) is 2.97. The highest BCUT2D eigenvalue weighted by atomic mass is 15.3. The Labute approximate surface area is 100 Å². The molecule has 3 nitrogen and oxygen atoms in total. The summed E-state index contributed by atoms with van der Waals surface area (Å²) in [7, 11) is 2.27. The number of hydrogen-bond donors (Lipinski definition) is 1. The molecule has 0 aromatic heterocycles. The van der Waals surface area contributed by atoms with Crippen molar-refractivity contribution in [3.05, 3.63) is 0 Å². The molecule has 2 fully saturated rings. The zero-order valence-electron chi connectivity index (χ0n) is 10.7. The fraction of sp³-hybridized carbons (Fsp3) is 1.00. The lowest BCUT2D eigenvalue weighted by Crippen LogP contribution is -2.47. The van der Waals surface area contributed by atoms with Gasteiger partial charge in [-0.1, -0.05) is 25.7 Å². The SMILES string of the molecule is CN(CCC1CCCC1)CN1CCNCC1. The van der Waals surface area contributed by atoms with E-state index < -0.39 is 0 Å². The van der Waals surface area contributed by atoms with Crippen LogP contribution in [-0.4, -0.2) is 56.2 Å². The van der Waals surface area contributed by atoms with Crippen LogP contribution in [0, 0.1) is 5.92 Å². The summed E-state index contributed by atoms with van der Waals surface area (Å²) in [6.45, 7) is 7.21. The summed E-state index contributed by atoms with van der Waals surface area (Å²) in [5, 5.41) is 3.40. The monoisotopic (exact) mass is 225 g/mol. The maximum absolute atomic E-state index is 3.40. The lowest BCUT2D eigenvalue weighted by Gasteiger charge is -2.31. The molecule has 1 heterocycles. The van der Waals surface area contributed by atoms with Crippen LogP contribution < -0.4 is 5.32 Å². The van der Waals surface area contributed by atoms with Crippen LogP contribution in [-0.2, 0) is 0 Å². The van der Waals surface area contributed by atoms with Crippen LogP contribution in [0.15, 0.2) is 0 Å². The predicted molar refractivity (Wildman–Crippen MR) is 68.5 cm³/mol. The van der Waals surface area contributed by atoms with Gasteiger partial charge in [-0.3, -0.25) is 9.80 Å². The molecule has 0 unspecified atom stereocenters. The minimum Gasteiger partial charge on any atom is -0.314 e. The molecule has 1 saturated heterocycles. The van der Waals surface area contributed by atoms with Crippen molar-refractivity contribution in [1.29, 1.82) is 0 Å². The molecule has 2 aliphatic rings. The first-order valence-electron chi connectivity index (χ1n) is 6.96. The molecule has 0 aromatic rings. The number of hydrogen-bond acceptors (Lipinski definition) is 3. The van der Waals surface area contributed by atoms with Gasteiger partial charge in [0.25, 0.3) is 0 Å². The minimum absolute atomic E-state index is 1.03. The fourth-order valence-electron chi connectivity index (χ4n) is 2.97. The van der Waals surface area contributed by atoms with E-state index in [0.29, 0.717) is 0 Å². The van der Waals surface area contributed by atoms with E-state index >= 15 is 0 Å². The number of nitrogens with one attached hydrogen (secondary N) is 1. The summed E-state index contributed by atoms with van der Waals surface area (Å²) >= 11 is 0. The Morgan fingerprint density at radius 1 is 1.19 bits per heavy atom. The highest BCUT2D eigenvalue weighted by Gasteiger charge is 2.16. The van der Waals surface area contributed by atoms with E-state index in [2.05, 4.69) is 22.2 Å². The van der Waals surface area contributed by atoms with Crippen LogP contribution >= 0.6 is 0 Å². The van der Waals surface area contributed by atoms with Gasteiger partial charge in [0.15, 0.2) is 0 Å². The van der Waals surface area contributed by atoms with Crippen molar-refractivity contribution in [2.24, 2.45) is 5.92 Å². The van der Waals surface area contributed by atoms with Crippen molar-refractivity contribution >= 4 is 0 Å². The van der Waals surface area contributed by atoms with Gasteiger partial charge in [-0.2, -0.15) is 0 Å². The van der Waals surface area contributed by atoms with E-state index in [1.54, 1.807) is 0 Å². The van der Waals surface area contributed by atoms with Crippen LogP contribution in [0.5, 0.6) is 0 Å². The van der Waals surface area contributed by atoms with Crippen LogP contribution in [0.3, 0.4) is 0 Å². The normalized spacial score (nSPS) is 24.4. The molecular weight excluding hydrogens is 198 g/mol. The standard InChI is InChI=1S/C13H27N3/c1-15(9-6-13-4-2-3-5-13)12-16-10-7-14-8-11-16/h13-14H,2-12H2,1H3. The zero-order valence-corrected chi connectivity index (χ0v) is 10.7. The van der Waals surface area contributed by atoms with Crippen LogP contribution in [0.1, 0.15) is 32.1 Å². The Hall–Kier alpha value is -0.120. The largest absolute Gasteiger partial charge is 0.314 e. The number of rotatable bonds is 5. The van der Waals surface area contributed by atoms with Gasteiger partial charge in [0.1, 0.15) is 0 Å². The Morgan fingerprint density at radius 2 is 1.88 bits per heavy atom. The second-order valence-electron chi connectivity index (χ2n) is 5.53. The first-order valence-corrected chi connectivity index (χ1v) is 6.96. The summed E-state index contributed by atoms with van der Waals surface area (Å²) in [5.41, 5.74) is 0. The quantitative estimate of drug-likeness (QED) is 0.762. The molecule has 0 atom stereocenters. The summed E-state index contributed by atoms with van der Waals surface area (Å²) in [6.07, 6.45) is 7.35. The van der Waals surface area contributed by atoms with E-state index in [0.717, 1.165) is 25.7 Å². The minimum atomic E-state index is 1.03. The first-order chi connectivity index (χ1) is 7.84. The molecule has 1 N–H and O–H groups in total. The van der Waals surface area contributed by atoms with Gasteiger partial charge in [0.2, 0.25) is 0 Å². The topological polar surface area (TPSA) is 18.5 Å². The number of nitrogens with zero attached hydrogens (tertiary/aromatic N) is 2. The molecule has 16 heavy (non-hydrogen) atoms. The molecule has 0 spiro atoms. The third-order valence-electron chi connectivity index (χ3n) is 4.04. The molecule has 1 aliphatic heterocycles. The van der Waals surface area contributed by atoms with E-state index in [4.69, 9.17) is 0 Å². The Balaban J connectivity index is 1.57. The van der Waals surface area contributed by atoms with Gasteiger partial charge in [-0.25, -0.2) is 0 Å². The van der Waals surface area contributed by atoms with E-state index in [-0.39, 0.29) is 0 Å². The van der Waals surface area contributed by atoms with Crippen molar-refractivity contribution in [2.75, 3.05) is 46.4 Å². The first kappa shape index (κ1) is 12.3. The van der Waals surface area contributed by atoms with Crippen molar-refractivity contribution in [3.8, 4) is 0 Å². The molecule has 2 rings (SSSR count). The van der Waals surface area contributed by atoms with Crippen molar-refractivity contribution in [3.63, 3.8) is 0 Å². The Bertz CT molecular complexity index is 184. The zero-order chi connectivity index (χ0) is 11.2. The lowest BCUT2D eigenvalue weighted by atomic mass is 10.0. The van der Waals surface area contributed by atoms with Gasteiger partial charge in [0, 0.05) is 26.2 Å². The average Bonchev–Trinajstić information content (AvgIpc) is 2.81. The molecule has 1 aliphatic carbocycles. The van der Waals surface area contributed by atoms with Crippen molar-refractivity contribution < 1.29 is 0 Å². The van der Waals surface area contributed by atoms with E-state index in [9.17, 15) is 0 Å². The molecular formula is C13H27N3. The summed E-state index contributed by atoms with van der Waals surface area (Å²) < 4.78 is 0. The molecule has 0 aromatic carbocycles. The number of piperazine rings is 1. The molecule has 94 valence electrons. The molecule has 1 saturated carbocycles. The van der Waals surface area contributed by atoms with E-state index in [1.165, 1.54) is 51.7 Å². The third kappa shape index (κ3) is 4.04. The highest BCUT2D eigenvalue weighted by molar-refractivity contribution is 4.70. The van der Waals surface area contributed by atoms with Crippen LogP contribution in [0.25, 0.3) is 0 Å². The van der Waals surface area contributed by atoms with E-state index in [1.807, 2.05) is 0 Å². The Morgan fingerprint density at radius 3 is 2.56 bits per heavy atom.